The fourth-order valence-electron chi connectivity index (χ4n) is 2.58. The molecule has 0 saturated heterocycles. The monoisotopic (exact) mass is 450 g/mol. The maximum Gasteiger partial charge on any atom is 0.326 e. The predicted molar refractivity (Wildman–Crippen MR) is 110 cm³/mol. The quantitative estimate of drug-likeness (QED) is 0.158. The molecule has 5 amide bonds. The van der Waals surface area contributed by atoms with Crippen LogP contribution in [0.25, 0.3) is 0 Å². The maximum atomic E-state index is 12.6. The third-order valence-electron chi connectivity index (χ3n) is 4.14. The van der Waals surface area contributed by atoms with E-state index in [1.165, 1.54) is 0 Å². The molecule has 1 aromatic rings. The van der Waals surface area contributed by atoms with Crippen LogP contribution < -0.4 is 33.2 Å². The van der Waals surface area contributed by atoms with Crippen molar-refractivity contribution in [1.82, 2.24) is 16.0 Å². The second-order valence-electron chi connectivity index (χ2n) is 6.87. The first-order valence-corrected chi connectivity index (χ1v) is 9.46. The van der Waals surface area contributed by atoms with E-state index in [1.54, 1.807) is 30.3 Å². The highest BCUT2D eigenvalue weighted by Gasteiger charge is 2.26. The Morgan fingerprint density at radius 1 is 0.844 bits per heavy atom. The highest BCUT2D eigenvalue weighted by atomic mass is 16.4. The molecule has 0 bridgehead atoms. The van der Waals surface area contributed by atoms with Crippen LogP contribution in [0.5, 0.6) is 0 Å². The predicted octanol–water partition coefficient (Wildman–Crippen LogP) is -3.52. The van der Waals surface area contributed by atoms with Gasteiger partial charge in [-0.15, -0.1) is 0 Å². The van der Waals surface area contributed by atoms with Crippen LogP contribution in [0.15, 0.2) is 30.3 Å². The van der Waals surface area contributed by atoms with Crippen molar-refractivity contribution in [1.29, 1.82) is 0 Å². The summed E-state index contributed by atoms with van der Waals surface area (Å²) in [6, 6.07) is 4.66. The summed E-state index contributed by atoms with van der Waals surface area (Å²) in [7, 11) is 0. The SMILES string of the molecule is NC(=O)CC(N)C(=O)NC(Cc1ccccc1)C(=O)NCC(=O)NC(CC(N)=O)C(=O)O. The van der Waals surface area contributed by atoms with Crippen molar-refractivity contribution in [2.45, 2.75) is 37.4 Å². The van der Waals surface area contributed by atoms with Gasteiger partial charge in [0, 0.05) is 6.42 Å². The summed E-state index contributed by atoms with van der Waals surface area (Å²) in [6.07, 6.45) is -1.01. The molecule has 0 aliphatic rings. The fourth-order valence-corrected chi connectivity index (χ4v) is 2.58. The molecular weight excluding hydrogens is 424 g/mol. The van der Waals surface area contributed by atoms with Crippen LogP contribution in [0.1, 0.15) is 18.4 Å². The Morgan fingerprint density at radius 3 is 1.97 bits per heavy atom. The van der Waals surface area contributed by atoms with Crippen molar-refractivity contribution in [3.63, 3.8) is 0 Å². The Hall–Kier alpha value is -4.00. The van der Waals surface area contributed by atoms with Gasteiger partial charge >= 0.3 is 5.97 Å². The third-order valence-corrected chi connectivity index (χ3v) is 4.14. The summed E-state index contributed by atoms with van der Waals surface area (Å²) in [5, 5.41) is 15.8. The molecular formula is C19H26N6O7. The first-order chi connectivity index (χ1) is 15.0. The second kappa shape index (κ2) is 12.6. The minimum Gasteiger partial charge on any atom is -0.480 e. The van der Waals surface area contributed by atoms with Gasteiger partial charge in [0.25, 0.3) is 0 Å². The summed E-state index contributed by atoms with van der Waals surface area (Å²) in [4.78, 5) is 69.8. The van der Waals surface area contributed by atoms with Crippen LogP contribution in [0.3, 0.4) is 0 Å². The van der Waals surface area contributed by atoms with Gasteiger partial charge in [0.05, 0.1) is 25.4 Å². The molecule has 32 heavy (non-hydrogen) atoms. The average Bonchev–Trinajstić information content (AvgIpc) is 2.70. The van der Waals surface area contributed by atoms with Crippen LogP contribution in [-0.4, -0.2) is 65.3 Å². The van der Waals surface area contributed by atoms with Gasteiger partial charge in [-0.25, -0.2) is 4.79 Å². The van der Waals surface area contributed by atoms with Gasteiger partial charge in [-0.05, 0) is 5.56 Å². The molecule has 0 aromatic heterocycles. The summed E-state index contributed by atoms with van der Waals surface area (Å²) in [5.41, 5.74) is 16.3. The normalized spacial score (nSPS) is 13.2. The third kappa shape index (κ3) is 9.67. The minimum absolute atomic E-state index is 0.0444. The zero-order valence-electron chi connectivity index (χ0n) is 17.1. The number of nitrogens with two attached hydrogens (primary N) is 3. The standard InChI is InChI=1S/C19H26N6O7/c20-11(7-14(21)26)17(29)25-12(6-10-4-2-1-3-5-10)18(30)23-9-16(28)24-13(19(31)32)8-15(22)27/h1-5,11-13H,6-9,20H2,(H2,21,26)(H2,22,27)(H,23,30)(H,24,28)(H,25,29)(H,31,32). The number of nitrogens with one attached hydrogen (secondary N) is 3. The number of hydrogen-bond donors (Lipinski definition) is 7. The van der Waals surface area contributed by atoms with Gasteiger partial charge in [-0.2, -0.15) is 0 Å². The number of primary amides is 2. The highest BCUT2D eigenvalue weighted by molar-refractivity contribution is 5.94. The molecule has 3 atom stereocenters. The largest absolute Gasteiger partial charge is 0.480 e. The van der Waals surface area contributed by atoms with E-state index in [4.69, 9.17) is 22.3 Å². The summed E-state index contributed by atoms with van der Waals surface area (Å²) in [6.45, 7) is -0.629. The molecule has 0 spiro atoms. The van der Waals surface area contributed by atoms with Gasteiger partial charge in [0.2, 0.25) is 29.5 Å². The lowest BCUT2D eigenvalue weighted by molar-refractivity contribution is -0.143. The smallest absolute Gasteiger partial charge is 0.326 e. The first kappa shape index (κ1) is 26.0. The zero-order valence-corrected chi connectivity index (χ0v) is 17.1. The molecule has 0 aliphatic carbocycles. The summed E-state index contributed by atoms with van der Waals surface area (Å²) < 4.78 is 0. The van der Waals surface area contributed by atoms with Crippen LogP contribution >= 0.6 is 0 Å². The Balaban J connectivity index is 2.80. The van der Waals surface area contributed by atoms with Gasteiger partial charge in [-0.3, -0.25) is 24.0 Å². The van der Waals surface area contributed by atoms with E-state index in [0.29, 0.717) is 5.56 Å². The molecule has 0 heterocycles. The average molecular weight is 450 g/mol. The molecule has 0 aliphatic heterocycles. The van der Waals surface area contributed by atoms with Crippen molar-refractivity contribution in [2.75, 3.05) is 6.54 Å². The Bertz CT molecular complexity index is 861. The highest BCUT2D eigenvalue weighted by Crippen LogP contribution is 2.04. The van der Waals surface area contributed by atoms with Crippen molar-refractivity contribution in [3.05, 3.63) is 35.9 Å². The second-order valence-corrected chi connectivity index (χ2v) is 6.87. The van der Waals surface area contributed by atoms with E-state index in [0.717, 1.165) is 0 Å². The van der Waals surface area contributed by atoms with Crippen molar-refractivity contribution < 1.29 is 33.9 Å². The van der Waals surface area contributed by atoms with E-state index in [-0.39, 0.29) is 6.42 Å². The molecule has 13 nitrogen and oxygen atoms in total. The van der Waals surface area contributed by atoms with Crippen molar-refractivity contribution in [2.24, 2.45) is 17.2 Å². The molecule has 10 N–H and O–H groups in total. The van der Waals surface area contributed by atoms with E-state index in [1.807, 2.05) is 0 Å². The van der Waals surface area contributed by atoms with Gasteiger partial charge < -0.3 is 38.3 Å². The first-order valence-electron chi connectivity index (χ1n) is 9.46. The number of aliphatic carboxylic acids is 1. The van der Waals surface area contributed by atoms with Gasteiger partial charge in [0.1, 0.15) is 12.1 Å². The van der Waals surface area contributed by atoms with E-state index in [9.17, 15) is 28.8 Å². The number of hydrogen-bond acceptors (Lipinski definition) is 7. The Morgan fingerprint density at radius 2 is 1.44 bits per heavy atom. The van der Waals surface area contributed by atoms with Crippen molar-refractivity contribution >= 4 is 35.5 Å². The molecule has 13 heteroatoms. The van der Waals surface area contributed by atoms with Crippen LogP contribution in [0.4, 0.5) is 0 Å². The van der Waals surface area contributed by atoms with Gasteiger partial charge in [0.15, 0.2) is 0 Å². The maximum absolute atomic E-state index is 12.6. The number of benzene rings is 1. The van der Waals surface area contributed by atoms with E-state index >= 15 is 0 Å². The van der Waals surface area contributed by atoms with Crippen LogP contribution in [-0.2, 0) is 35.2 Å². The lowest BCUT2D eigenvalue weighted by Crippen LogP contribution is -2.54. The minimum atomic E-state index is -1.55. The van der Waals surface area contributed by atoms with Crippen LogP contribution in [0.2, 0.25) is 0 Å². The number of carboxylic acids is 1. The summed E-state index contributed by atoms with van der Waals surface area (Å²) in [5.74, 6) is -5.64. The number of carbonyl (C=O) groups excluding carboxylic acids is 5. The fraction of sp³-hybridized carbons (Fsp3) is 0.368. The summed E-state index contributed by atoms with van der Waals surface area (Å²) >= 11 is 0. The molecule has 1 rings (SSSR count). The van der Waals surface area contributed by atoms with E-state index < -0.39 is 73.0 Å². The molecule has 174 valence electrons. The molecule has 3 unspecified atom stereocenters. The Kier molecular flexibility index (Phi) is 10.3. The lowest BCUT2D eigenvalue weighted by Gasteiger charge is -2.21. The van der Waals surface area contributed by atoms with Gasteiger partial charge in [-0.1, -0.05) is 30.3 Å². The Labute approximate surface area is 183 Å². The zero-order chi connectivity index (χ0) is 24.3. The lowest BCUT2D eigenvalue weighted by atomic mass is 10.0. The van der Waals surface area contributed by atoms with Crippen molar-refractivity contribution in [3.8, 4) is 0 Å². The number of amides is 5. The van der Waals surface area contributed by atoms with Crippen LogP contribution in [0, 0.1) is 0 Å². The molecule has 0 radical (unpaired) electrons. The number of carbonyl (C=O) groups is 6. The number of carboxylic acid groups (broad SMARTS) is 1. The topological polar surface area (TPSA) is 237 Å². The molecule has 1 aromatic carbocycles. The molecule has 0 fully saturated rings. The van der Waals surface area contributed by atoms with E-state index in [2.05, 4.69) is 16.0 Å². The molecule has 0 saturated carbocycles. The number of rotatable bonds is 13.